The molecule has 1 aliphatic heterocycles. The van der Waals surface area contributed by atoms with Crippen molar-refractivity contribution in [3.8, 4) is 17.9 Å². The number of benzene rings is 1. The molecule has 0 aliphatic carbocycles. The number of ether oxygens (including phenoxy) is 1. The Morgan fingerprint density at radius 3 is 2.81 bits per heavy atom. The normalized spacial score (nSPS) is 19.5. The quantitative estimate of drug-likeness (QED) is 0.860. The van der Waals surface area contributed by atoms with Gasteiger partial charge in [0.25, 0.3) is 0 Å². The van der Waals surface area contributed by atoms with Crippen molar-refractivity contribution in [1.82, 2.24) is 0 Å². The molecule has 0 saturated carbocycles. The van der Waals surface area contributed by atoms with Crippen molar-refractivity contribution < 1.29 is 9.53 Å². The fourth-order valence-corrected chi connectivity index (χ4v) is 2.11. The van der Waals surface area contributed by atoms with Crippen LogP contribution in [0.5, 0.6) is 5.75 Å². The number of allylic oxidation sites excluding steroid dienone is 1. The van der Waals surface area contributed by atoms with Crippen molar-refractivity contribution in [2.45, 2.75) is 32.3 Å². The number of nitriles is 2. The van der Waals surface area contributed by atoms with Gasteiger partial charge in [-0.05, 0) is 31.5 Å². The molecule has 0 aromatic heterocycles. The topological polar surface area (TPSA) is 85.9 Å². The van der Waals surface area contributed by atoms with E-state index >= 15 is 0 Å². The third-order valence-corrected chi connectivity index (χ3v) is 3.54. The van der Waals surface area contributed by atoms with Gasteiger partial charge >= 0.3 is 0 Å². The van der Waals surface area contributed by atoms with Gasteiger partial charge in [-0.15, -0.1) is 0 Å². The molecule has 2 rings (SSSR count). The summed E-state index contributed by atoms with van der Waals surface area (Å²) in [5.74, 6) is 0.611. The number of fused-ring (bicyclic) bond motifs is 1. The zero-order valence-corrected chi connectivity index (χ0v) is 11.9. The summed E-state index contributed by atoms with van der Waals surface area (Å²) in [5.41, 5.74) is 0.672. The molecule has 1 N–H and O–H groups in total. The molecule has 0 bridgehead atoms. The summed E-state index contributed by atoms with van der Waals surface area (Å²) in [5, 5.41) is 20.2. The van der Waals surface area contributed by atoms with Crippen molar-refractivity contribution >= 4 is 11.5 Å². The smallest absolute Gasteiger partial charge is 0.170 e. The van der Waals surface area contributed by atoms with Crippen LogP contribution in [0.4, 0.5) is 5.69 Å². The van der Waals surface area contributed by atoms with Gasteiger partial charge in [-0.2, -0.15) is 10.5 Å². The molecular formula is C16H15N3O2. The van der Waals surface area contributed by atoms with Crippen LogP contribution in [0.2, 0.25) is 0 Å². The molecule has 106 valence electrons. The van der Waals surface area contributed by atoms with Crippen LogP contribution in [-0.4, -0.2) is 11.4 Å². The van der Waals surface area contributed by atoms with Crippen molar-refractivity contribution in [2.75, 3.05) is 5.32 Å². The molecule has 5 nitrogen and oxygen atoms in total. The standard InChI is InChI=1S/C16H15N3O2/c1-3-16(2)7-14(20)13-6-12(4-5-15(13)21-16)19-10-11(8-17)9-18/h4-6,10,19H,3,7H2,1-2H3. The van der Waals surface area contributed by atoms with Crippen molar-refractivity contribution in [3.05, 3.63) is 35.5 Å². The highest BCUT2D eigenvalue weighted by Gasteiger charge is 2.34. The number of hydrogen-bond donors (Lipinski definition) is 1. The summed E-state index contributed by atoms with van der Waals surface area (Å²) in [6.07, 6.45) is 2.41. The van der Waals surface area contributed by atoms with E-state index in [2.05, 4.69) is 5.32 Å². The predicted molar refractivity (Wildman–Crippen MR) is 77.6 cm³/mol. The monoisotopic (exact) mass is 281 g/mol. The first-order valence-electron chi connectivity index (χ1n) is 6.64. The number of nitrogens with one attached hydrogen (secondary N) is 1. The molecule has 0 fully saturated rings. The lowest BCUT2D eigenvalue weighted by Crippen LogP contribution is -2.38. The van der Waals surface area contributed by atoms with E-state index in [0.29, 0.717) is 23.4 Å². The van der Waals surface area contributed by atoms with Gasteiger partial charge in [0.2, 0.25) is 0 Å². The molecule has 5 heteroatoms. The molecule has 0 spiro atoms. The molecule has 21 heavy (non-hydrogen) atoms. The number of carbonyl (C=O) groups is 1. The molecule has 1 atom stereocenters. The highest BCUT2D eigenvalue weighted by molar-refractivity contribution is 6.01. The highest BCUT2D eigenvalue weighted by atomic mass is 16.5. The van der Waals surface area contributed by atoms with Crippen molar-refractivity contribution in [2.24, 2.45) is 0 Å². The van der Waals surface area contributed by atoms with E-state index in [1.807, 2.05) is 13.8 Å². The predicted octanol–water partition coefficient (Wildman–Crippen LogP) is 3.16. The van der Waals surface area contributed by atoms with E-state index in [-0.39, 0.29) is 11.4 Å². The van der Waals surface area contributed by atoms with Crippen LogP contribution in [0.3, 0.4) is 0 Å². The van der Waals surface area contributed by atoms with Gasteiger partial charge in [-0.25, -0.2) is 0 Å². The fraction of sp³-hybridized carbons (Fsp3) is 0.312. The van der Waals surface area contributed by atoms with Crippen LogP contribution < -0.4 is 10.1 Å². The Bertz CT molecular complexity index is 678. The molecule has 1 aromatic carbocycles. The van der Waals surface area contributed by atoms with Gasteiger partial charge in [0.1, 0.15) is 29.1 Å². The Morgan fingerprint density at radius 1 is 1.48 bits per heavy atom. The Morgan fingerprint density at radius 2 is 2.19 bits per heavy atom. The number of ketones is 1. The van der Waals surface area contributed by atoms with Gasteiger partial charge < -0.3 is 10.1 Å². The number of hydrogen-bond acceptors (Lipinski definition) is 5. The van der Waals surface area contributed by atoms with Gasteiger partial charge in [0, 0.05) is 11.9 Å². The third kappa shape index (κ3) is 3.04. The van der Waals surface area contributed by atoms with E-state index < -0.39 is 5.60 Å². The lowest BCUT2D eigenvalue weighted by molar-refractivity contribution is 0.0499. The van der Waals surface area contributed by atoms with Crippen LogP contribution in [0.1, 0.15) is 37.0 Å². The Labute approximate surface area is 123 Å². The lowest BCUT2D eigenvalue weighted by atomic mass is 9.89. The van der Waals surface area contributed by atoms with E-state index in [9.17, 15) is 4.79 Å². The van der Waals surface area contributed by atoms with Crippen LogP contribution >= 0.6 is 0 Å². The lowest BCUT2D eigenvalue weighted by Gasteiger charge is -2.34. The number of carbonyl (C=O) groups excluding carboxylic acids is 1. The van der Waals surface area contributed by atoms with E-state index in [1.54, 1.807) is 30.3 Å². The largest absolute Gasteiger partial charge is 0.486 e. The second kappa shape index (κ2) is 5.68. The van der Waals surface area contributed by atoms with Gasteiger partial charge in [0.15, 0.2) is 5.78 Å². The van der Waals surface area contributed by atoms with E-state index in [0.717, 1.165) is 6.42 Å². The van der Waals surface area contributed by atoms with Crippen LogP contribution in [0.25, 0.3) is 0 Å². The van der Waals surface area contributed by atoms with E-state index in [4.69, 9.17) is 15.3 Å². The van der Waals surface area contributed by atoms with Crippen LogP contribution in [0, 0.1) is 22.7 Å². The van der Waals surface area contributed by atoms with Crippen molar-refractivity contribution in [3.63, 3.8) is 0 Å². The molecule has 0 saturated heterocycles. The van der Waals surface area contributed by atoms with Gasteiger partial charge in [-0.3, -0.25) is 4.79 Å². The average molecular weight is 281 g/mol. The summed E-state index contributed by atoms with van der Waals surface area (Å²) in [7, 11) is 0. The van der Waals surface area contributed by atoms with E-state index in [1.165, 1.54) is 6.20 Å². The van der Waals surface area contributed by atoms with Gasteiger partial charge in [-0.1, -0.05) is 6.92 Å². The minimum Gasteiger partial charge on any atom is -0.486 e. The number of nitrogens with zero attached hydrogens (tertiary/aromatic N) is 2. The summed E-state index contributed by atoms with van der Waals surface area (Å²) in [4.78, 5) is 12.2. The van der Waals surface area contributed by atoms with Crippen molar-refractivity contribution in [1.29, 1.82) is 10.5 Å². The molecule has 1 unspecified atom stereocenters. The molecule has 0 amide bonds. The first-order chi connectivity index (χ1) is 10.0. The molecule has 1 heterocycles. The first kappa shape index (κ1) is 14.6. The van der Waals surface area contributed by atoms with Crippen LogP contribution in [0.15, 0.2) is 30.0 Å². The molecule has 1 aromatic rings. The number of anilines is 1. The number of Topliss-reactive ketones (excluding diaryl/α,β-unsaturated/α-hetero) is 1. The third-order valence-electron chi connectivity index (χ3n) is 3.54. The van der Waals surface area contributed by atoms with Crippen LogP contribution in [-0.2, 0) is 0 Å². The summed E-state index contributed by atoms with van der Waals surface area (Å²) >= 11 is 0. The summed E-state index contributed by atoms with van der Waals surface area (Å²) in [6, 6.07) is 8.67. The zero-order chi connectivity index (χ0) is 15.5. The maximum atomic E-state index is 12.2. The number of rotatable bonds is 3. The second-order valence-corrected chi connectivity index (χ2v) is 5.14. The highest BCUT2D eigenvalue weighted by Crippen LogP contribution is 2.36. The minimum atomic E-state index is -0.451. The Balaban J connectivity index is 2.28. The molecule has 0 radical (unpaired) electrons. The zero-order valence-electron chi connectivity index (χ0n) is 11.9. The summed E-state index contributed by atoms with van der Waals surface area (Å²) in [6.45, 7) is 3.92. The first-order valence-corrected chi connectivity index (χ1v) is 6.64. The Hall–Kier alpha value is -2.79. The molecular weight excluding hydrogens is 266 g/mol. The fourth-order valence-electron chi connectivity index (χ4n) is 2.11. The average Bonchev–Trinajstić information content (AvgIpc) is 2.48. The summed E-state index contributed by atoms with van der Waals surface area (Å²) < 4.78 is 5.89. The maximum absolute atomic E-state index is 12.2. The minimum absolute atomic E-state index is 0.0335. The Kier molecular flexibility index (Phi) is 3.95. The second-order valence-electron chi connectivity index (χ2n) is 5.14. The maximum Gasteiger partial charge on any atom is 0.170 e. The molecule has 1 aliphatic rings. The van der Waals surface area contributed by atoms with Gasteiger partial charge in [0.05, 0.1) is 12.0 Å². The SMILES string of the molecule is CCC1(C)CC(=O)c2cc(NC=C(C#N)C#N)ccc2O1.